The first kappa shape index (κ1) is 16.8. The maximum absolute atomic E-state index is 11.9. The fourth-order valence-electron chi connectivity index (χ4n) is 2.10. The van der Waals surface area contributed by atoms with E-state index in [-0.39, 0.29) is 12.5 Å². The van der Waals surface area contributed by atoms with E-state index in [0.29, 0.717) is 17.4 Å². The van der Waals surface area contributed by atoms with Crippen molar-refractivity contribution in [2.75, 3.05) is 6.61 Å². The Bertz CT molecular complexity index is 663. The highest BCUT2D eigenvalue weighted by atomic mass is 16.5. The van der Waals surface area contributed by atoms with Crippen molar-refractivity contribution in [1.29, 1.82) is 0 Å². The molecule has 1 unspecified atom stereocenters. The molecule has 1 amide bonds. The molecule has 1 aromatic carbocycles. The number of nitrogens with one attached hydrogen (secondary N) is 1. The van der Waals surface area contributed by atoms with Gasteiger partial charge in [0.15, 0.2) is 6.61 Å². The first-order valence-corrected chi connectivity index (χ1v) is 7.70. The second-order valence-corrected chi connectivity index (χ2v) is 5.35. The fourth-order valence-corrected chi connectivity index (χ4v) is 2.10. The number of hydrogen-bond acceptors (Lipinski definition) is 4. The minimum atomic E-state index is -0.310. The van der Waals surface area contributed by atoms with Gasteiger partial charge in [-0.3, -0.25) is 4.79 Å². The topological polar surface area (TPSA) is 63.8 Å². The first-order chi connectivity index (χ1) is 11.1. The number of amides is 1. The Labute approximate surface area is 136 Å². The summed E-state index contributed by atoms with van der Waals surface area (Å²) in [4.78, 5) is 11.9. The van der Waals surface area contributed by atoms with Crippen molar-refractivity contribution in [3.8, 4) is 5.75 Å². The Morgan fingerprint density at radius 2 is 2.09 bits per heavy atom. The molecule has 0 fully saturated rings. The molecule has 2 rings (SSSR count). The van der Waals surface area contributed by atoms with Gasteiger partial charge in [-0.25, -0.2) is 5.43 Å². The third kappa shape index (κ3) is 4.71. The van der Waals surface area contributed by atoms with E-state index in [1.807, 2.05) is 24.3 Å². The molecule has 1 N–H and O–H groups in total. The maximum atomic E-state index is 11.9. The molecule has 0 radical (unpaired) electrons. The van der Waals surface area contributed by atoms with Crippen LogP contribution in [0.15, 0.2) is 52.2 Å². The van der Waals surface area contributed by atoms with Crippen LogP contribution < -0.4 is 10.2 Å². The maximum Gasteiger partial charge on any atom is 0.277 e. The Morgan fingerprint density at radius 1 is 1.30 bits per heavy atom. The molecular weight excluding hydrogens is 292 g/mol. The summed E-state index contributed by atoms with van der Waals surface area (Å²) in [6.45, 7) is 5.94. The van der Waals surface area contributed by atoms with Crippen LogP contribution in [0.3, 0.4) is 0 Å². The number of hydrazone groups is 1. The van der Waals surface area contributed by atoms with Gasteiger partial charge >= 0.3 is 0 Å². The Hall–Kier alpha value is -2.56. The summed E-state index contributed by atoms with van der Waals surface area (Å²) >= 11 is 0. The van der Waals surface area contributed by atoms with Crippen LogP contribution in [0.2, 0.25) is 0 Å². The van der Waals surface area contributed by atoms with Gasteiger partial charge in [-0.15, -0.1) is 0 Å². The Kier molecular flexibility index (Phi) is 5.97. The van der Waals surface area contributed by atoms with Crippen molar-refractivity contribution in [1.82, 2.24) is 5.43 Å². The number of benzene rings is 1. The van der Waals surface area contributed by atoms with Crippen LogP contribution in [-0.4, -0.2) is 18.2 Å². The van der Waals surface area contributed by atoms with E-state index < -0.39 is 0 Å². The smallest absolute Gasteiger partial charge is 0.277 e. The van der Waals surface area contributed by atoms with Crippen LogP contribution in [0.4, 0.5) is 0 Å². The van der Waals surface area contributed by atoms with Gasteiger partial charge < -0.3 is 9.15 Å². The molecule has 5 heteroatoms. The van der Waals surface area contributed by atoms with Crippen molar-refractivity contribution < 1.29 is 13.9 Å². The van der Waals surface area contributed by atoms with Gasteiger partial charge in [-0.1, -0.05) is 32.0 Å². The van der Waals surface area contributed by atoms with Crippen LogP contribution in [-0.2, 0) is 4.79 Å². The number of carbonyl (C=O) groups excluding carboxylic acids is 1. The van der Waals surface area contributed by atoms with Gasteiger partial charge in [0.05, 0.1) is 6.26 Å². The highest BCUT2D eigenvalue weighted by molar-refractivity contribution is 5.96. The molecule has 5 nitrogen and oxygen atoms in total. The summed E-state index contributed by atoms with van der Waals surface area (Å²) < 4.78 is 10.8. The quantitative estimate of drug-likeness (QED) is 0.626. The van der Waals surface area contributed by atoms with Gasteiger partial charge in [0.1, 0.15) is 17.2 Å². The molecule has 0 aliphatic rings. The largest absolute Gasteiger partial charge is 0.483 e. The summed E-state index contributed by atoms with van der Waals surface area (Å²) in [6, 6.07) is 11.3. The lowest BCUT2D eigenvalue weighted by Gasteiger charge is -2.15. The van der Waals surface area contributed by atoms with Crippen molar-refractivity contribution in [2.24, 2.45) is 5.10 Å². The lowest BCUT2D eigenvalue weighted by Crippen LogP contribution is -2.25. The average Bonchev–Trinajstić information content (AvgIpc) is 3.12. The number of carbonyl (C=O) groups is 1. The van der Waals surface area contributed by atoms with E-state index in [2.05, 4.69) is 24.4 Å². The second-order valence-electron chi connectivity index (χ2n) is 5.35. The van der Waals surface area contributed by atoms with Crippen LogP contribution in [0, 0.1) is 0 Å². The molecule has 0 aliphatic carbocycles. The summed E-state index contributed by atoms with van der Waals surface area (Å²) in [7, 11) is 0. The molecule has 1 aromatic heterocycles. The SMILES string of the molecule is CCC(C)c1ccccc1OCC(=O)NN=C(C)c1ccco1. The number of hydrogen-bond donors (Lipinski definition) is 1. The molecule has 0 saturated heterocycles. The third-order valence-electron chi connectivity index (χ3n) is 3.65. The molecule has 0 spiro atoms. The van der Waals surface area contributed by atoms with Gasteiger partial charge in [0.2, 0.25) is 0 Å². The average molecular weight is 314 g/mol. The highest BCUT2D eigenvalue weighted by Crippen LogP contribution is 2.28. The van der Waals surface area contributed by atoms with E-state index in [1.165, 1.54) is 0 Å². The molecule has 23 heavy (non-hydrogen) atoms. The predicted molar refractivity (Wildman–Crippen MR) is 89.7 cm³/mol. The number of para-hydroxylation sites is 1. The summed E-state index contributed by atoms with van der Waals surface area (Å²) in [5.41, 5.74) is 4.18. The molecule has 1 atom stereocenters. The fraction of sp³-hybridized carbons (Fsp3) is 0.333. The predicted octanol–water partition coefficient (Wildman–Crippen LogP) is 3.71. The molecule has 2 aromatic rings. The number of nitrogens with zero attached hydrogens (tertiary/aromatic N) is 1. The zero-order chi connectivity index (χ0) is 16.7. The third-order valence-corrected chi connectivity index (χ3v) is 3.65. The lowest BCUT2D eigenvalue weighted by atomic mass is 9.98. The number of rotatable bonds is 7. The highest BCUT2D eigenvalue weighted by Gasteiger charge is 2.11. The van der Waals surface area contributed by atoms with E-state index in [0.717, 1.165) is 17.7 Å². The van der Waals surface area contributed by atoms with Crippen molar-refractivity contribution in [2.45, 2.75) is 33.1 Å². The van der Waals surface area contributed by atoms with Crippen LogP contribution in [0.5, 0.6) is 5.75 Å². The monoisotopic (exact) mass is 314 g/mol. The van der Waals surface area contributed by atoms with E-state index in [1.54, 1.807) is 25.3 Å². The number of furan rings is 1. The van der Waals surface area contributed by atoms with Crippen LogP contribution in [0.1, 0.15) is 44.4 Å². The van der Waals surface area contributed by atoms with Crippen LogP contribution in [0.25, 0.3) is 0 Å². The van der Waals surface area contributed by atoms with Crippen LogP contribution >= 0.6 is 0 Å². The van der Waals surface area contributed by atoms with Gasteiger partial charge in [0, 0.05) is 0 Å². The lowest BCUT2D eigenvalue weighted by molar-refractivity contribution is -0.123. The standard InChI is InChI=1S/C18H22N2O3/c1-4-13(2)15-8-5-6-9-17(15)23-12-18(21)20-19-14(3)16-10-7-11-22-16/h5-11,13H,4,12H2,1-3H3,(H,20,21). The van der Waals surface area contributed by atoms with Crippen molar-refractivity contribution >= 4 is 11.6 Å². The number of ether oxygens (including phenoxy) is 1. The zero-order valence-electron chi connectivity index (χ0n) is 13.7. The van der Waals surface area contributed by atoms with Crippen molar-refractivity contribution in [3.05, 3.63) is 54.0 Å². The summed E-state index contributed by atoms with van der Waals surface area (Å²) in [5, 5.41) is 4.00. The summed E-state index contributed by atoms with van der Waals surface area (Å²) in [6.07, 6.45) is 2.57. The Balaban J connectivity index is 1.91. The zero-order valence-corrected chi connectivity index (χ0v) is 13.7. The first-order valence-electron chi connectivity index (χ1n) is 7.70. The van der Waals surface area contributed by atoms with Gasteiger partial charge in [0.25, 0.3) is 5.91 Å². The molecular formula is C18H22N2O3. The van der Waals surface area contributed by atoms with E-state index >= 15 is 0 Å². The van der Waals surface area contributed by atoms with E-state index in [9.17, 15) is 4.79 Å². The molecule has 0 saturated carbocycles. The molecule has 122 valence electrons. The minimum Gasteiger partial charge on any atom is -0.483 e. The van der Waals surface area contributed by atoms with Gasteiger partial charge in [-0.05, 0) is 43.0 Å². The minimum absolute atomic E-state index is 0.0810. The Morgan fingerprint density at radius 3 is 2.78 bits per heavy atom. The molecule has 0 aliphatic heterocycles. The molecule has 0 bridgehead atoms. The van der Waals surface area contributed by atoms with E-state index in [4.69, 9.17) is 9.15 Å². The normalized spacial score (nSPS) is 12.7. The van der Waals surface area contributed by atoms with Gasteiger partial charge in [-0.2, -0.15) is 5.10 Å². The van der Waals surface area contributed by atoms with Crippen molar-refractivity contribution in [3.63, 3.8) is 0 Å². The molecule has 1 heterocycles. The summed E-state index contributed by atoms with van der Waals surface area (Å²) in [5.74, 6) is 1.43. The second kappa shape index (κ2) is 8.17.